The van der Waals surface area contributed by atoms with Crippen molar-refractivity contribution in [3.05, 3.63) is 28.7 Å². The van der Waals surface area contributed by atoms with Crippen LogP contribution in [0.5, 0.6) is 5.75 Å². The molecule has 1 aromatic carbocycles. The van der Waals surface area contributed by atoms with Crippen molar-refractivity contribution in [3.8, 4) is 5.75 Å². The first-order valence-corrected chi connectivity index (χ1v) is 7.77. The lowest BCUT2D eigenvalue weighted by Gasteiger charge is -2.34. The molecule has 1 aliphatic heterocycles. The monoisotopic (exact) mass is 340 g/mol. The minimum absolute atomic E-state index is 0.0373. The first-order valence-electron chi connectivity index (χ1n) is 6.98. The Morgan fingerprint density at radius 1 is 1.60 bits per heavy atom. The molecule has 0 spiro atoms. The summed E-state index contributed by atoms with van der Waals surface area (Å²) in [5.74, 6) is 1.14. The Bertz CT molecular complexity index is 465. The minimum Gasteiger partial charge on any atom is -0.484 e. The van der Waals surface area contributed by atoms with E-state index >= 15 is 0 Å². The molecule has 2 atom stereocenters. The van der Waals surface area contributed by atoms with Crippen molar-refractivity contribution in [2.24, 2.45) is 11.7 Å². The first kappa shape index (κ1) is 15.3. The van der Waals surface area contributed by atoms with Crippen LogP contribution in [0.4, 0.5) is 0 Å². The van der Waals surface area contributed by atoms with Crippen LogP contribution in [-0.2, 0) is 4.79 Å². The Balaban J connectivity index is 1.85. The number of piperidine rings is 1. The lowest BCUT2D eigenvalue weighted by Crippen LogP contribution is -2.46. The zero-order valence-electron chi connectivity index (χ0n) is 11.7. The van der Waals surface area contributed by atoms with Crippen LogP contribution in [0.1, 0.15) is 19.8 Å². The highest BCUT2D eigenvalue weighted by Gasteiger charge is 2.25. The molecule has 2 N–H and O–H groups in total. The van der Waals surface area contributed by atoms with E-state index in [4.69, 9.17) is 10.5 Å². The zero-order valence-corrected chi connectivity index (χ0v) is 13.3. The maximum atomic E-state index is 12.2. The van der Waals surface area contributed by atoms with E-state index in [1.54, 1.807) is 0 Å². The third kappa shape index (κ3) is 4.21. The zero-order chi connectivity index (χ0) is 14.5. The molecule has 0 aromatic heterocycles. The van der Waals surface area contributed by atoms with E-state index in [0.717, 1.165) is 30.4 Å². The van der Waals surface area contributed by atoms with Gasteiger partial charge in [-0.2, -0.15) is 0 Å². The van der Waals surface area contributed by atoms with E-state index in [-0.39, 0.29) is 18.6 Å². The third-order valence-electron chi connectivity index (χ3n) is 3.71. The number of hydrogen-bond donors (Lipinski definition) is 1. The van der Waals surface area contributed by atoms with Crippen molar-refractivity contribution >= 4 is 21.8 Å². The summed E-state index contributed by atoms with van der Waals surface area (Å²) in [5, 5.41) is 0. The quantitative estimate of drug-likeness (QED) is 0.915. The highest BCUT2D eigenvalue weighted by Crippen LogP contribution is 2.20. The van der Waals surface area contributed by atoms with E-state index in [1.165, 1.54) is 0 Å². The van der Waals surface area contributed by atoms with Gasteiger partial charge in [0.2, 0.25) is 0 Å². The van der Waals surface area contributed by atoms with Crippen molar-refractivity contribution in [2.45, 2.75) is 25.8 Å². The van der Waals surface area contributed by atoms with Crippen LogP contribution in [0.2, 0.25) is 0 Å². The van der Waals surface area contributed by atoms with E-state index in [9.17, 15) is 4.79 Å². The number of carbonyl (C=O) groups excluding carboxylic acids is 1. The molecule has 1 aromatic rings. The second-order valence-electron chi connectivity index (χ2n) is 5.35. The Morgan fingerprint density at radius 2 is 2.40 bits per heavy atom. The molecule has 1 amide bonds. The van der Waals surface area contributed by atoms with Gasteiger partial charge in [0, 0.05) is 23.6 Å². The Morgan fingerprint density at radius 3 is 3.10 bits per heavy atom. The van der Waals surface area contributed by atoms with Crippen molar-refractivity contribution in [2.75, 3.05) is 19.7 Å². The van der Waals surface area contributed by atoms with Gasteiger partial charge in [-0.1, -0.05) is 22.0 Å². The van der Waals surface area contributed by atoms with E-state index < -0.39 is 0 Å². The molecule has 0 unspecified atom stereocenters. The molecule has 1 saturated heterocycles. The molecule has 5 heteroatoms. The summed E-state index contributed by atoms with van der Waals surface area (Å²) >= 11 is 3.38. The van der Waals surface area contributed by atoms with Gasteiger partial charge in [0.1, 0.15) is 5.75 Å². The topological polar surface area (TPSA) is 55.6 Å². The molecule has 20 heavy (non-hydrogen) atoms. The summed E-state index contributed by atoms with van der Waals surface area (Å²) in [6, 6.07) is 7.65. The average Bonchev–Trinajstić information content (AvgIpc) is 2.45. The Labute approximate surface area is 128 Å². The normalized spacial score (nSPS) is 20.6. The van der Waals surface area contributed by atoms with Crippen LogP contribution in [0.25, 0.3) is 0 Å². The smallest absolute Gasteiger partial charge is 0.260 e. The van der Waals surface area contributed by atoms with Crippen molar-refractivity contribution in [1.82, 2.24) is 4.90 Å². The fraction of sp³-hybridized carbons (Fsp3) is 0.533. The summed E-state index contributed by atoms with van der Waals surface area (Å²) in [6.07, 6.45) is 2.13. The molecule has 0 radical (unpaired) electrons. The van der Waals surface area contributed by atoms with Gasteiger partial charge in [-0.25, -0.2) is 0 Å². The molecule has 1 heterocycles. The first-order chi connectivity index (χ1) is 9.56. The number of nitrogens with zero attached hydrogens (tertiary/aromatic N) is 1. The molecule has 1 aliphatic rings. The Kier molecular flexibility index (Phi) is 5.43. The maximum Gasteiger partial charge on any atom is 0.260 e. The highest BCUT2D eigenvalue weighted by atomic mass is 79.9. The van der Waals surface area contributed by atoms with E-state index in [0.29, 0.717) is 11.7 Å². The van der Waals surface area contributed by atoms with Gasteiger partial charge in [0.15, 0.2) is 6.61 Å². The predicted octanol–water partition coefficient (Wildman–Crippen LogP) is 2.41. The number of likely N-dealkylation sites (tertiary alicyclic amines) is 1. The average molecular weight is 341 g/mol. The number of halogens is 1. The summed E-state index contributed by atoms with van der Waals surface area (Å²) in [4.78, 5) is 14.0. The van der Waals surface area contributed by atoms with Gasteiger partial charge in [0.05, 0.1) is 0 Å². The lowest BCUT2D eigenvalue weighted by molar-refractivity contribution is -0.135. The molecular formula is C15H21BrN2O2. The summed E-state index contributed by atoms with van der Waals surface area (Å²) in [6.45, 7) is 3.65. The lowest BCUT2D eigenvalue weighted by atomic mass is 9.92. The van der Waals surface area contributed by atoms with E-state index in [1.807, 2.05) is 36.1 Å². The SMILES string of the molecule is C[C@@H](N)[C@H]1CCCN(C(=O)COc2cccc(Br)c2)C1. The molecule has 110 valence electrons. The third-order valence-corrected chi connectivity index (χ3v) is 4.21. The highest BCUT2D eigenvalue weighted by molar-refractivity contribution is 9.10. The van der Waals surface area contributed by atoms with Gasteiger partial charge in [0.25, 0.3) is 5.91 Å². The standard InChI is InChI=1S/C15H21BrN2O2/c1-11(17)12-4-3-7-18(9-12)15(19)10-20-14-6-2-5-13(16)8-14/h2,5-6,8,11-12H,3-4,7,9-10,17H2,1H3/t11-,12+/m1/s1. The van der Waals surface area contributed by atoms with Gasteiger partial charge >= 0.3 is 0 Å². The van der Waals surface area contributed by atoms with Crippen molar-refractivity contribution < 1.29 is 9.53 Å². The molecule has 1 fully saturated rings. The van der Waals surface area contributed by atoms with Gasteiger partial charge in [-0.15, -0.1) is 0 Å². The Hall–Kier alpha value is -1.07. The summed E-state index contributed by atoms with van der Waals surface area (Å²) < 4.78 is 6.49. The number of rotatable bonds is 4. The molecule has 0 aliphatic carbocycles. The molecule has 4 nitrogen and oxygen atoms in total. The van der Waals surface area contributed by atoms with Gasteiger partial charge in [-0.3, -0.25) is 4.79 Å². The van der Waals surface area contributed by atoms with Crippen LogP contribution < -0.4 is 10.5 Å². The van der Waals surface area contributed by atoms with Gasteiger partial charge in [-0.05, 0) is 43.9 Å². The second-order valence-corrected chi connectivity index (χ2v) is 6.26. The molecule has 0 bridgehead atoms. The number of carbonyl (C=O) groups is 1. The van der Waals surface area contributed by atoms with E-state index in [2.05, 4.69) is 15.9 Å². The predicted molar refractivity (Wildman–Crippen MR) is 82.6 cm³/mol. The number of nitrogens with two attached hydrogens (primary N) is 1. The van der Waals surface area contributed by atoms with Crippen LogP contribution in [0, 0.1) is 5.92 Å². The summed E-state index contributed by atoms with van der Waals surface area (Å²) in [7, 11) is 0. The second kappa shape index (κ2) is 7.09. The summed E-state index contributed by atoms with van der Waals surface area (Å²) in [5.41, 5.74) is 5.94. The van der Waals surface area contributed by atoms with Crippen LogP contribution in [-0.4, -0.2) is 36.5 Å². The number of benzene rings is 1. The number of ether oxygens (including phenoxy) is 1. The fourth-order valence-corrected chi connectivity index (χ4v) is 2.84. The van der Waals surface area contributed by atoms with Crippen LogP contribution >= 0.6 is 15.9 Å². The number of amides is 1. The van der Waals surface area contributed by atoms with Gasteiger partial charge < -0.3 is 15.4 Å². The maximum absolute atomic E-state index is 12.2. The van der Waals surface area contributed by atoms with Crippen LogP contribution in [0.3, 0.4) is 0 Å². The largest absolute Gasteiger partial charge is 0.484 e. The van der Waals surface area contributed by atoms with Crippen molar-refractivity contribution in [3.63, 3.8) is 0 Å². The fourth-order valence-electron chi connectivity index (χ4n) is 2.46. The molecule has 2 rings (SSSR count). The van der Waals surface area contributed by atoms with Crippen LogP contribution in [0.15, 0.2) is 28.7 Å². The number of hydrogen-bond acceptors (Lipinski definition) is 3. The molecule has 0 saturated carbocycles. The minimum atomic E-state index is 0.0373. The van der Waals surface area contributed by atoms with Crippen molar-refractivity contribution in [1.29, 1.82) is 0 Å². The molecular weight excluding hydrogens is 320 g/mol.